The number of ether oxygens (including phenoxy) is 2. The first-order valence-electron chi connectivity index (χ1n) is 8.31. The number of aryl methyl sites for hydroxylation is 1. The van der Waals surface area contributed by atoms with Gasteiger partial charge in [-0.05, 0) is 19.1 Å². The van der Waals surface area contributed by atoms with Gasteiger partial charge < -0.3 is 19.7 Å². The zero-order valence-corrected chi connectivity index (χ0v) is 16.0. The van der Waals surface area contributed by atoms with Crippen molar-refractivity contribution >= 4 is 22.0 Å². The molecular formula is C17H23NO8S. The average Bonchev–Trinajstić information content (AvgIpc) is 2.55. The van der Waals surface area contributed by atoms with Crippen molar-refractivity contribution in [3.63, 3.8) is 0 Å². The van der Waals surface area contributed by atoms with Gasteiger partial charge in [0.1, 0.15) is 12.2 Å². The molecule has 27 heavy (non-hydrogen) atoms. The maximum absolute atomic E-state index is 12.7. The van der Waals surface area contributed by atoms with Crippen LogP contribution in [0.15, 0.2) is 29.2 Å². The van der Waals surface area contributed by atoms with Crippen LogP contribution in [-0.4, -0.2) is 61.0 Å². The number of carbonyl (C=O) groups is 2. The van der Waals surface area contributed by atoms with Crippen molar-refractivity contribution in [2.75, 3.05) is 0 Å². The number of hydrogen-bond donors (Lipinski definition) is 3. The summed E-state index contributed by atoms with van der Waals surface area (Å²) in [7, 11) is -4.11. The van der Waals surface area contributed by atoms with E-state index in [4.69, 9.17) is 9.47 Å². The molecule has 1 saturated carbocycles. The SMILES string of the molecule is CC(=O)O[C@@H]1[C@H](NS(=O)(=O)c2ccc(C)cc2)[C@@H](O)[C@@H](O)C[C@H]1OC(C)=O. The molecule has 0 spiro atoms. The minimum Gasteiger partial charge on any atom is -0.458 e. The summed E-state index contributed by atoms with van der Waals surface area (Å²) in [6, 6.07) is 4.56. The molecule has 0 unspecified atom stereocenters. The molecule has 1 aliphatic rings. The van der Waals surface area contributed by atoms with Crippen LogP contribution in [0, 0.1) is 6.92 Å². The molecular weight excluding hydrogens is 378 g/mol. The molecule has 0 amide bonds. The number of carbonyl (C=O) groups excluding carboxylic acids is 2. The minimum atomic E-state index is -4.11. The number of esters is 2. The maximum atomic E-state index is 12.7. The van der Waals surface area contributed by atoms with Gasteiger partial charge in [0.15, 0.2) is 6.10 Å². The van der Waals surface area contributed by atoms with Gasteiger partial charge in [-0.15, -0.1) is 0 Å². The number of aliphatic hydroxyl groups is 2. The highest BCUT2D eigenvalue weighted by Crippen LogP contribution is 2.27. The Labute approximate surface area is 157 Å². The summed E-state index contributed by atoms with van der Waals surface area (Å²) in [6.07, 6.45) is -5.57. The third kappa shape index (κ3) is 5.25. The van der Waals surface area contributed by atoms with E-state index in [1.54, 1.807) is 19.1 Å². The zero-order valence-electron chi connectivity index (χ0n) is 15.2. The van der Waals surface area contributed by atoms with Crippen molar-refractivity contribution < 1.29 is 37.7 Å². The molecule has 1 fully saturated rings. The van der Waals surface area contributed by atoms with E-state index in [0.29, 0.717) is 0 Å². The summed E-state index contributed by atoms with van der Waals surface area (Å²) in [6.45, 7) is 4.03. The summed E-state index contributed by atoms with van der Waals surface area (Å²) >= 11 is 0. The third-order valence-electron chi connectivity index (χ3n) is 4.20. The van der Waals surface area contributed by atoms with Crippen LogP contribution in [0.25, 0.3) is 0 Å². The van der Waals surface area contributed by atoms with Crippen molar-refractivity contribution in [1.82, 2.24) is 4.72 Å². The Kier molecular flexibility index (Phi) is 6.58. The van der Waals surface area contributed by atoms with Crippen LogP contribution < -0.4 is 4.72 Å². The molecule has 150 valence electrons. The topological polar surface area (TPSA) is 139 Å². The average molecular weight is 401 g/mol. The lowest BCUT2D eigenvalue weighted by Crippen LogP contribution is -2.64. The smallest absolute Gasteiger partial charge is 0.303 e. The van der Waals surface area contributed by atoms with Crippen molar-refractivity contribution in [2.45, 2.75) is 62.5 Å². The Hall–Kier alpha value is -2.01. The molecule has 10 heteroatoms. The molecule has 0 aromatic heterocycles. The lowest BCUT2D eigenvalue weighted by Gasteiger charge is -2.41. The molecule has 0 saturated heterocycles. The van der Waals surface area contributed by atoms with E-state index in [2.05, 4.69) is 4.72 Å². The molecule has 1 aromatic rings. The van der Waals surface area contributed by atoms with E-state index in [-0.39, 0.29) is 11.3 Å². The summed E-state index contributed by atoms with van der Waals surface area (Å²) in [5, 5.41) is 20.4. The predicted molar refractivity (Wildman–Crippen MR) is 93.0 cm³/mol. The first-order valence-corrected chi connectivity index (χ1v) is 9.79. The summed E-state index contributed by atoms with van der Waals surface area (Å²) in [4.78, 5) is 22.7. The number of nitrogens with one attached hydrogen (secondary N) is 1. The molecule has 0 heterocycles. The lowest BCUT2D eigenvalue weighted by atomic mass is 9.85. The van der Waals surface area contributed by atoms with Gasteiger partial charge in [-0.2, -0.15) is 0 Å². The van der Waals surface area contributed by atoms with Gasteiger partial charge in [0.2, 0.25) is 10.0 Å². The minimum absolute atomic E-state index is 0.0639. The Morgan fingerprint density at radius 1 is 1.07 bits per heavy atom. The number of rotatable bonds is 5. The van der Waals surface area contributed by atoms with Gasteiger partial charge in [0, 0.05) is 20.3 Å². The quantitative estimate of drug-likeness (QED) is 0.568. The molecule has 2 rings (SSSR count). The fraction of sp³-hybridized carbons (Fsp3) is 0.529. The van der Waals surface area contributed by atoms with Crippen molar-refractivity contribution in [1.29, 1.82) is 0 Å². The molecule has 0 radical (unpaired) electrons. The summed E-state index contributed by atoms with van der Waals surface area (Å²) in [5.41, 5.74) is 0.856. The molecule has 1 aromatic carbocycles. The largest absolute Gasteiger partial charge is 0.458 e. The first kappa shape index (κ1) is 21.3. The highest BCUT2D eigenvalue weighted by atomic mass is 32.2. The highest BCUT2D eigenvalue weighted by Gasteiger charge is 2.49. The first-order chi connectivity index (χ1) is 12.5. The van der Waals surface area contributed by atoms with Gasteiger partial charge in [0.05, 0.1) is 17.0 Å². The highest BCUT2D eigenvalue weighted by molar-refractivity contribution is 7.89. The van der Waals surface area contributed by atoms with Gasteiger partial charge in [-0.1, -0.05) is 17.7 Å². The third-order valence-corrected chi connectivity index (χ3v) is 5.67. The van der Waals surface area contributed by atoms with Crippen LogP contribution in [0.1, 0.15) is 25.8 Å². The molecule has 9 nitrogen and oxygen atoms in total. The van der Waals surface area contributed by atoms with E-state index in [9.17, 15) is 28.2 Å². The maximum Gasteiger partial charge on any atom is 0.303 e. The van der Waals surface area contributed by atoms with E-state index < -0.39 is 52.4 Å². The van der Waals surface area contributed by atoms with E-state index >= 15 is 0 Å². The zero-order chi connectivity index (χ0) is 20.4. The Bertz CT molecular complexity index is 792. The van der Waals surface area contributed by atoms with Crippen molar-refractivity contribution in [3.05, 3.63) is 29.8 Å². The second kappa shape index (κ2) is 8.34. The van der Waals surface area contributed by atoms with Gasteiger partial charge in [-0.25, -0.2) is 13.1 Å². The standard InChI is InChI=1S/C17H23NO8S/c1-9-4-6-12(7-5-9)27(23,24)18-15-16(22)13(21)8-14(25-10(2)19)17(15)26-11(3)20/h4-7,13-18,21-22H,8H2,1-3H3/t13-,14+,15+,16-,17-/m0/s1. The number of aliphatic hydroxyl groups excluding tert-OH is 2. The monoisotopic (exact) mass is 401 g/mol. The fourth-order valence-electron chi connectivity index (χ4n) is 2.95. The Morgan fingerprint density at radius 2 is 1.63 bits per heavy atom. The van der Waals surface area contributed by atoms with Crippen molar-refractivity contribution in [3.8, 4) is 0 Å². The van der Waals surface area contributed by atoms with Crippen LogP contribution in [0.4, 0.5) is 0 Å². The van der Waals surface area contributed by atoms with Crippen LogP contribution in [-0.2, 0) is 29.1 Å². The van der Waals surface area contributed by atoms with Crippen LogP contribution in [0.2, 0.25) is 0 Å². The van der Waals surface area contributed by atoms with E-state index in [0.717, 1.165) is 19.4 Å². The number of sulfonamides is 1. The normalized spacial score (nSPS) is 28.4. The van der Waals surface area contributed by atoms with E-state index in [1.165, 1.54) is 12.1 Å². The van der Waals surface area contributed by atoms with E-state index in [1.807, 2.05) is 0 Å². The van der Waals surface area contributed by atoms with Gasteiger partial charge >= 0.3 is 11.9 Å². The summed E-state index contributed by atoms with van der Waals surface area (Å²) < 4.78 is 37.8. The van der Waals surface area contributed by atoms with Crippen LogP contribution in [0.5, 0.6) is 0 Å². The molecule has 0 aliphatic heterocycles. The Morgan fingerprint density at radius 3 is 2.15 bits per heavy atom. The van der Waals surface area contributed by atoms with Gasteiger partial charge in [0.25, 0.3) is 0 Å². The fourth-order valence-corrected chi connectivity index (χ4v) is 4.21. The predicted octanol–water partition coefficient (Wildman–Crippen LogP) is -0.369. The Balaban J connectivity index is 2.36. The summed E-state index contributed by atoms with van der Waals surface area (Å²) in [5.74, 6) is -1.44. The van der Waals surface area contributed by atoms with Crippen molar-refractivity contribution in [2.24, 2.45) is 0 Å². The lowest BCUT2D eigenvalue weighted by molar-refractivity contribution is -0.186. The molecule has 5 atom stereocenters. The van der Waals surface area contributed by atoms with Crippen LogP contribution >= 0.6 is 0 Å². The number of hydrogen-bond acceptors (Lipinski definition) is 8. The number of benzene rings is 1. The second-order valence-corrected chi connectivity index (χ2v) is 8.19. The van der Waals surface area contributed by atoms with Crippen LogP contribution in [0.3, 0.4) is 0 Å². The molecule has 0 bridgehead atoms. The second-order valence-electron chi connectivity index (χ2n) is 6.48. The molecule has 3 N–H and O–H groups in total. The van der Waals surface area contributed by atoms with Gasteiger partial charge in [-0.3, -0.25) is 9.59 Å². The molecule has 1 aliphatic carbocycles.